The largest absolute Gasteiger partial charge is 0.480 e. The quantitative estimate of drug-likeness (QED) is 0.940. The Morgan fingerprint density at radius 2 is 2.00 bits per heavy atom. The van der Waals surface area contributed by atoms with Gasteiger partial charge < -0.3 is 5.11 Å². The number of hydrogen-bond donors (Lipinski definition) is 1. The predicted octanol–water partition coefficient (Wildman–Crippen LogP) is 1.95. The molecule has 2 heterocycles. The first-order valence-electron chi connectivity index (χ1n) is 5.90. The SMILES string of the molecule is O=C(O)[C@@H]1Cc2ccccc2N1S(=O)(=O)c1cccs1. The van der Waals surface area contributed by atoms with Crippen molar-refractivity contribution in [1.82, 2.24) is 0 Å². The van der Waals surface area contributed by atoms with Gasteiger partial charge in [-0.25, -0.2) is 13.2 Å². The van der Waals surface area contributed by atoms with Crippen LogP contribution in [0.25, 0.3) is 0 Å². The van der Waals surface area contributed by atoms with E-state index < -0.39 is 22.0 Å². The summed E-state index contributed by atoms with van der Waals surface area (Å²) in [6, 6.07) is 8.92. The zero-order valence-electron chi connectivity index (χ0n) is 10.3. The van der Waals surface area contributed by atoms with Crippen molar-refractivity contribution < 1.29 is 18.3 Å². The minimum absolute atomic E-state index is 0.153. The molecular weight excluding hydrogens is 298 g/mol. The van der Waals surface area contributed by atoms with Gasteiger partial charge in [0.2, 0.25) is 0 Å². The average molecular weight is 309 g/mol. The molecule has 1 aromatic heterocycles. The third-order valence-corrected chi connectivity index (χ3v) is 6.41. The van der Waals surface area contributed by atoms with Crippen LogP contribution in [0.4, 0.5) is 5.69 Å². The lowest BCUT2D eigenvalue weighted by atomic mass is 10.1. The van der Waals surface area contributed by atoms with Crippen molar-refractivity contribution >= 4 is 33.0 Å². The molecule has 0 bridgehead atoms. The van der Waals surface area contributed by atoms with Crippen LogP contribution in [0, 0.1) is 0 Å². The third-order valence-electron chi connectivity index (χ3n) is 3.22. The fraction of sp³-hybridized carbons (Fsp3) is 0.154. The average Bonchev–Trinajstić information content (AvgIpc) is 3.06. The molecule has 0 radical (unpaired) electrons. The van der Waals surface area contributed by atoms with Crippen LogP contribution < -0.4 is 4.31 Å². The number of para-hydroxylation sites is 1. The number of hydrogen-bond acceptors (Lipinski definition) is 4. The van der Waals surface area contributed by atoms with Crippen molar-refractivity contribution in [3.63, 3.8) is 0 Å². The Labute approximate surface area is 120 Å². The first-order chi connectivity index (χ1) is 9.51. The molecule has 1 atom stereocenters. The fourth-order valence-corrected chi connectivity index (χ4v) is 5.07. The number of fused-ring (bicyclic) bond motifs is 1. The molecule has 0 unspecified atom stereocenters. The molecule has 0 saturated heterocycles. The van der Waals surface area contributed by atoms with Crippen LogP contribution in [0.5, 0.6) is 0 Å². The molecule has 1 N–H and O–H groups in total. The number of anilines is 1. The molecule has 1 aliphatic heterocycles. The number of carboxylic acids is 1. The van der Waals surface area contributed by atoms with Crippen molar-refractivity contribution in [1.29, 1.82) is 0 Å². The standard InChI is InChI=1S/C13H11NO4S2/c15-13(16)11-8-9-4-1-2-5-10(9)14(11)20(17,18)12-6-3-7-19-12/h1-7,11H,8H2,(H,15,16)/t11-/m0/s1. The highest BCUT2D eigenvalue weighted by atomic mass is 32.2. The number of nitrogens with zero attached hydrogens (tertiary/aromatic N) is 1. The fourth-order valence-electron chi connectivity index (χ4n) is 2.35. The zero-order valence-corrected chi connectivity index (χ0v) is 11.9. The van der Waals surface area contributed by atoms with Crippen LogP contribution in [-0.2, 0) is 21.2 Å². The number of benzene rings is 1. The minimum atomic E-state index is -3.83. The molecule has 1 aliphatic rings. The predicted molar refractivity (Wildman–Crippen MR) is 75.6 cm³/mol. The molecule has 0 amide bonds. The van der Waals surface area contributed by atoms with Crippen molar-refractivity contribution in [2.75, 3.05) is 4.31 Å². The third kappa shape index (κ3) is 1.90. The molecule has 20 heavy (non-hydrogen) atoms. The monoisotopic (exact) mass is 309 g/mol. The van der Waals surface area contributed by atoms with Crippen LogP contribution in [-0.4, -0.2) is 25.5 Å². The lowest BCUT2D eigenvalue weighted by Gasteiger charge is -2.23. The van der Waals surface area contributed by atoms with Crippen molar-refractivity contribution in [2.45, 2.75) is 16.7 Å². The number of rotatable bonds is 3. The molecule has 104 valence electrons. The van der Waals surface area contributed by atoms with Gasteiger partial charge in [0.05, 0.1) is 5.69 Å². The summed E-state index contributed by atoms with van der Waals surface area (Å²) in [5.41, 5.74) is 1.19. The van der Waals surface area contributed by atoms with Gasteiger partial charge in [-0.1, -0.05) is 24.3 Å². The van der Waals surface area contributed by atoms with Crippen molar-refractivity contribution in [3.8, 4) is 0 Å². The molecule has 0 saturated carbocycles. The molecule has 2 aromatic rings. The number of carbonyl (C=O) groups is 1. The van der Waals surface area contributed by atoms with Crippen molar-refractivity contribution in [2.24, 2.45) is 0 Å². The van der Waals surface area contributed by atoms with Gasteiger partial charge in [-0.2, -0.15) is 0 Å². The zero-order chi connectivity index (χ0) is 14.3. The van der Waals surface area contributed by atoms with Gasteiger partial charge in [0.15, 0.2) is 0 Å². The van der Waals surface area contributed by atoms with Gasteiger partial charge in [-0.05, 0) is 23.1 Å². The van der Waals surface area contributed by atoms with Crippen LogP contribution in [0.2, 0.25) is 0 Å². The van der Waals surface area contributed by atoms with Crippen molar-refractivity contribution in [3.05, 3.63) is 47.3 Å². The summed E-state index contributed by atoms with van der Waals surface area (Å²) in [5, 5.41) is 11.0. The smallest absolute Gasteiger partial charge is 0.327 e. The summed E-state index contributed by atoms with van der Waals surface area (Å²) in [6.07, 6.45) is 0.191. The van der Waals surface area contributed by atoms with Crippen LogP contribution >= 0.6 is 11.3 Å². The molecule has 0 aliphatic carbocycles. The number of aliphatic carboxylic acids is 1. The van der Waals surface area contributed by atoms with Gasteiger partial charge in [-0.3, -0.25) is 4.31 Å². The maximum atomic E-state index is 12.6. The Bertz CT molecular complexity index is 752. The second kappa shape index (κ2) is 4.60. The topological polar surface area (TPSA) is 74.7 Å². The maximum absolute atomic E-state index is 12.6. The number of carboxylic acid groups (broad SMARTS) is 1. The highest BCUT2D eigenvalue weighted by Gasteiger charge is 2.42. The van der Waals surface area contributed by atoms with Gasteiger partial charge in [-0.15, -0.1) is 11.3 Å². The van der Waals surface area contributed by atoms with Gasteiger partial charge in [0, 0.05) is 6.42 Å². The Kier molecular flexibility index (Phi) is 3.02. The Morgan fingerprint density at radius 1 is 1.25 bits per heavy atom. The Morgan fingerprint density at radius 3 is 2.65 bits per heavy atom. The first kappa shape index (κ1) is 13.1. The Hall–Kier alpha value is -1.86. The maximum Gasteiger partial charge on any atom is 0.327 e. The van der Waals surface area contributed by atoms with E-state index in [2.05, 4.69) is 0 Å². The van der Waals surface area contributed by atoms with E-state index in [-0.39, 0.29) is 10.6 Å². The van der Waals surface area contributed by atoms with E-state index >= 15 is 0 Å². The van der Waals surface area contributed by atoms with Crippen LogP contribution in [0.3, 0.4) is 0 Å². The molecule has 7 heteroatoms. The summed E-state index contributed by atoms with van der Waals surface area (Å²) in [7, 11) is -3.83. The van der Waals surface area contributed by atoms with E-state index in [1.807, 2.05) is 0 Å². The molecule has 5 nitrogen and oxygen atoms in total. The summed E-state index contributed by atoms with van der Waals surface area (Å²) in [4.78, 5) is 11.4. The lowest BCUT2D eigenvalue weighted by molar-refractivity contribution is -0.138. The summed E-state index contributed by atoms with van der Waals surface area (Å²) >= 11 is 1.08. The lowest BCUT2D eigenvalue weighted by Crippen LogP contribution is -2.42. The summed E-state index contributed by atoms with van der Waals surface area (Å²) in [5.74, 6) is -1.14. The highest BCUT2D eigenvalue weighted by Crippen LogP contribution is 2.37. The van der Waals surface area contributed by atoms with Gasteiger partial charge >= 0.3 is 5.97 Å². The highest BCUT2D eigenvalue weighted by molar-refractivity contribution is 7.94. The van der Waals surface area contributed by atoms with Crippen LogP contribution in [0.15, 0.2) is 46.0 Å². The van der Waals surface area contributed by atoms with E-state index in [1.54, 1.807) is 35.7 Å². The van der Waals surface area contributed by atoms with E-state index in [4.69, 9.17) is 0 Å². The second-order valence-corrected chi connectivity index (χ2v) is 7.41. The van der Waals surface area contributed by atoms with Gasteiger partial charge in [0.1, 0.15) is 10.3 Å². The minimum Gasteiger partial charge on any atom is -0.480 e. The van der Waals surface area contributed by atoms with E-state index in [0.29, 0.717) is 5.69 Å². The second-order valence-electron chi connectivity index (χ2n) is 4.42. The molecule has 0 spiro atoms. The van der Waals surface area contributed by atoms with Gasteiger partial charge in [0.25, 0.3) is 10.0 Å². The normalized spacial score (nSPS) is 18.0. The number of thiophene rings is 1. The van der Waals surface area contributed by atoms with E-state index in [1.165, 1.54) is 6.07 Å². The van der Waals surface area contributed by atoms with E-state index in [0.717, 1.165) is 21.2 Å². The number of sulfonamides is 1. The molecular formula is C13H11NO4S2. The Balaban J connectivity index is 2.17. The first-order valence-corrected chi connectivity index (χ1v) is 8.22. The van der Waals surface area contributed by atoms with E-state index in [9.17, 15) is 18.3 Å². The molecule has 0 fully saturated rings. The molecule has 3 rings (SSSR count). The summed E-state index contributed by atoms with van der Waals surface area (Å²) < 4.78 is 26.5. The van der Waals surface area contributed by atoms with Crippen LogP contribution in [0.1, 0.15) is 5.56 Å². The molecule has 1 aromatic carbocycles. The summed E-state index contributed by atoms with van der Waals surface area (Å²) in [6.45, 7) is 0.